The molecule has 0 amide bonds. The molecule has 0 spiro atoms. The quantitative estimate of drug-likeness (QED) is 0.661. The molecule has 0 radical (unpaired) electrons. The standard InChI is InChI=1S/C23H36O4/c1-4-14-7-9-21(2)15(11-14)5-6-16-17-8-10-23(27,19(26)13-24)22(17,3)12-18(25)20(16)21/h11,14,16-18,20,24-25,27H,4-10,12-13H2,1-3H3. The third kappa shape index (κ3) is 2.49. The number of hydrogen-bond donors (Lipinski definition) is 3. The van der Waals surface area contributed by atoms with E-state index in [4.69, 9.17) is 0 Å². The van der Waals surface area contributed by atoms with E-state index in [2.05, 4.69) is 19.9 Å². The van der Waals surface area contributed by atoms with Crippen LogP contribution in [0.25, 0.3) is 0 Å². The Morgan fingerprint density at radius 2 is 1.96 bits per heavy atom. The van der Waals surface area contributed by atoms with Gasteiger partial charge in [0.05, 0.1) is 6.10 Å². The van der Waals surface area contributed by atoms with Crippen molar-refractivity contribution in [2.45, 2.75) is 83.8 Å². The first kappa shape index (κ1) is 19.6. The number of aliphatic hydroxyl groups is 3. The largest absolute Gasteiger partial charge is 0.393 e. The second-order valence-electron chi connectivity index (χ2n) is 10.3. The third-order valence-corrected chi connectivity index (χ3v) is 9.42. The molecule has 8 unspecified atom stereocenters. The Hall–Kier alpha value is -0.710. The van der Waals surface area contributed by atoms with E-state index in [1.807, 2.05) is 6.92 Å². The van der Waals surface area contributed by atoms with E-state index in [1.165, 1.54) is 12.8 Å². The molecule has 0 aromatic carbocycles. The van der Waals surface area contributed by atoms with Crippen LogP contribution < -0.4 is 0 Å². The SMILES string of the molecule is CCC1C=C2CCC3C(C(O)CC4(C)C3CCC4(O)C(=O)CO)C2(C)CC1. The van der Waals surface area contributed by atoms with Gasteiger partial charge in [0.25, 0.3) is 0 Å². The van der Waals surface area contributed by atoms with E-state index in [0.717, 1.165) is 25.7 Å². The second-order valence-corrected chi connectivity index (χ2v) is 10.3. The van der Waals surface area contributed by atoms with Crippen molar-refractivity contribution in [3.8, 4) is 0 Å². The van der Waals surface area contributed by atoms with Crippen molar-refractivity contribution in [3.63, 3.8) is 0 Å². The Bertz CT molecular complexity index is 657. The Balaban J connectivity index is 1.70. The maximum atomic E-state index is 12.4. The molecule has 0 saturated heterocycles. The molecule has 4 aliphatic rings. The first-order valence-corrected chi connectivity index (χ1v) is 11.0. The Morgan fingerprint density at radius 3 is 2.63 bits per heavy atom. The molecule has 8 atom stereocenters. The van der Waals surface area contributed by atoms with Crippen molar-refractivity contribution in [2.75, 3.05) is 6.61 Å². The van der Waals surface area contributed by atoms with Gasteiger partial charge in [-0.3, -0.25) is 4.79 Å². The number of rotatable bonds is 3. The first-order valence-electron chi connectivity index (χ1n) is 11.0. The summed E-state index contributed by atoms with van der Waals surface area (Å²) in [5, 5.41) is 32.0. The maximum Gasteiger partial charge on any atom is 0.190 e. The van der Waals surface area contributed by atoms with Gasteiger partial charge in [-0.15, -0.1) is 0 Å². The predicted octanol–water partition coefficient (Wildman–Crippen LogP) is 3.24. The molecule has 152 valence electrons. The summed E-state index contributed by atoms with van der Waals surface area (Å²) < 4.78 is 0. The highest BCUT2D eigenvalue weighted by atomic mass is 16.3. The van der Waals surface area contributed by atoms with Crippen molar-refractivity contribution in [2.24, 2.45) is 34.5 Å². The third-order valence-electron chi connectivity index (χ3n) is 9.42. The number of carbonyl (C=O) groups is 1. The summed E-state index contributed by atoms with van der Waals surface area (Å²) in [6, 6.07) is 0. The lowest BCUT2D eigenvalue weighted by Crippen LogP contribution is -2.62. The summed E-state index contributed by atoms with van der Waals surface area (Å²) in [5.74, 6) is 1.02. The minimum absolute atomic E-state index is 0.0526. The lowest BCUT2D eigenvalue weighted by Gasteiger charge is -2.61. The zero-order chi connectivity index (χ0) is 19.6. The molecular formula is C23H36O4. The number of Topliss-reactive ketones (excluding diaryl/α,β-unsaturated/α-hetero) is 1. The highest BCUT2D eigenvalue weighted by Crippen LogP contribution is 2.67. The molecule has 3 saturated carbocycles. The van der Waals surface area contributed by atoms with E-state index >= 15 is 0 Å². The van der Waals surface area contributed by atoms with Crippen LogP contribution in [0.3, 0.4) is 0 Å². The highest BCUT2D eigenvalue weighted by molar-refractivity contribution is 5.89. The van der Waals surface area contributed by atoms with Crippen LogP contribution in [0, 0.1) is 34.5 Å². The average Bonchev–Trinajstić information content (AvgIpc) is 2.91. The normalized spacial score (nSPS) is 51.8. The van der Waals surface area contributed by atoms with E-state index < -0.39 is 29.5 Å². The topological polar surface area (TPSA) is 77.8 Å². The van der Waals surface area contributed by atoms with Gasteiger partial charge in [0.1, 0.15) is 12.2 Å². The van der Waals surface area contributed by atoms with Gasteiger partial charge < -0.3 is 15.3 Å². The zero-order valence-electron chi connectivity index (χ0n) is 17.1. The van der Waals surface area contributed by atoms with Gasteiger partial charge in [-0.25, -0.2) is 0 Å². The fourth-order valence-corrected chi connectivity index (χ4v) is 7.84. The van der Waals surface area contributed by atoms with E-state index in [9.17, 15) is 20.1 Å². The fraction of sp³-hybridized carbons (Fsp3) is 0.870. The second kappa shape index (κ2) is 6.40. The van der Waals surface area contributed by atoms with Gasteiger partial charge in [-0.1, -0.05) is 32.4 Å². The van der Waals surface area contributed by atoms with Crippen molar-refractivity contribution >= 4 is 5.78 Å². The van der Waals surface area contributed by atoms with Crippen LogP contribution in [0.5, 0.6) is 0 Å². The molecule has 0 aromatic heterocycles. The van der Waals surface area contributed by atoms with Crippen LogP contribution in [-0.2, 0) is 4.79 Å². The summed E-state index contributed by atoms with van der Waals surface area (Å²) in [7, 11) is 0. The maximum absolute atomic E-state index is 12.4. The fourth-order valence-electron chi connectivity index (χ4n) is 7.84. The number of aliphatic hydroxyl groups excluding tert-OH is 2. The van der Waals surface area contributed by atoms with Crippen LogP contribution in [0.1, 0.15) is 72.1 Å². The molecule has 4 aliphatic carbocycles. The van der Waals surface area contributed by atoms with Gasteiger partial charge in [-0.05, 0) is 80.5 Å². The lowest BCUT2D eigenvalue weighted by atomic mass is 9.45. The molecule has 3 fully saturated rings. The number of allylic oxidation sites excluding steroid dienone is 2. The Labute approximate surface area is 163 Å². The molecular weight excluding hydrogens is 340 g/mol. The van der Waals surface area contributed by atoms with Crippen LogP contribution in [0.4, 0.5) is 0 Å². The number of fused-ring (bicyclic) bond motifs is 5. The Morgan fingerprint density at radius 1 is 1.22 bits per heavy atom. The molecule has 3 N–H and O–H groups in total. The number of hydrogen-bond acceptors (Lipinski definition) is 4. The van der Waals surface area contributed by atoms with E-state index in [1.54, 1.807) is 5.57 Å². The van der Waals surface area contributed by atoms with E-state index in [-0.39, 0.29) is 17.3 Å². The van der Waals surface area contributed by atoms with E-state index in [0.29, 0.717) is 24.7 Å². The lowest BCUT2D eigenvalue weighted by molar-refractivity contribution is -0.182. The average molecular weight is 377 g/mol. The van der Waals surface area contributed by atoms with Crippen LogP contribution in [-0.4, -0.2) is 39.4 Å². The summed E-state index contributed by atoms with van der Waals surface area (Å²) in [6.07, 6.45) is 9.34. The minimum atomic E-state index is -1.49. The van der Waals surface area contributed by atoms with Crippen LogP contribution in [0.15, 0.2) is 11.6 Å². The Kier molecular flexibility index (Phi) is 4.64. The van der Waals surface area contributed by atoms with Crippen LogP contribution in [0.2, 0.25) is 0 Å². The summed E-state index contributed by atoms with van der Waals surface area (Å²) in [5.41, 5.74) is -0.526. The van der Waals surface area contributed by atoms with Crippen molar-refractivity contribution in [1.82, 2.24) is 0 Å². The summed E-state index contributed by atoms with van der Waals surface area (Å²) >= 11 is 0. The van der Waals surface area contributed by atoms with Gasteiger partial charge in [-0.2, -0.15) is 0 Å². The first-order chi connectivity index (χ1) is 12.7. The van der Waals surface area contributed by atoms with Crippen LogP contribution >= 0.6 is 0 Å². The monoisotopic (exact) mass is 376 g/mol. The van der Waals surface area contributed by atoms with Gasteiger partial charge in [0, 0.05) is 5.41 Å². The number of carbonyl (C=O) groups excluding carboxylic acids is 1. The molecule has 4 nitrogen and oxygen atoms in total. The molecule has 0 bridgehead atoms. The van der Waals surface area contributed by atoms with Crippen molar-refractivity contribution < 1.29 is 20.1 Å². The van der Waals surface area contributed by atoms with Gasteiger partial charge in [0.15, 0.2) is 5.78 Å². The van der Waals surface area contributed by atoms with Crippen molar-refractivity contribution in [3.05, 3.63) is 11.6 Å². The minimum Gasteiger partial charge on any atom is -0.393 e. The highest BCUT2D eigenvalue weighted by Gasteiger charge is 2.68. The zero-order valence-corrected chi connectivity index (χ0v) is 17.1. The summed E-state index contributed by atoms with van der Waals surface area (Å²) in [6.45, 7) is 5.98. The molecule has 4 rings (SSSR count). The smallest absolute Gasteiger partial charge is 0.190 e. The molecule has 4 heteroatoms. The number of ketones is 1. The van der Waals surface area contributed by atoms with Crippen molar-refractivity contribution in [1.29, 1.82) is 0 Å². The van der Waals surface area contributed by atoms with Gasteiger partial charge in [0.2, 0.25) is 0 Å². The van der Waals surface area contributed by atoms with Gasteiger partial charge >= 0.3 is 0 Å². The predicted molar refractivity (Wildman–Crippen MR) is 104 cm³/mol. The molecule has 0 aromatic rings. The molecule has 27 heavy (non-hydrogen) atoms. The molecule has 0 heterocycles. The summed E-state index contributed by atoms with van der Waals surface area (Å²) in [4.78, 5) is 12.4. The molecule has 0 aliphatic heterocycles.